The Kier molecular flexibility index (Phi) is 6.21. The molecule has 1 amide bonds. The van der Waals surface area contributed by atoms with Gasteiger partial charge in [0.1, 0.15) is 17.2 Å². The Bertz CT molecular complexity index is 672. The van der Waals surface area contributed by atoms with Crippen LogP contribution in [0.2, 0.25) is 0 Å². The fourth-order valence-electron chi connectivity index (χ4n) is 3.09. The van der Waals surface area contributed by atoms with Crippen LogP contribution in [0.25, 0.3) is 0 Å². The molecule has 1 aliphatic heterocycles. The van der Waals surface area contributed by atoms with Gasteiger partial charge < -0.3 is 14.4 Å². The summed E-state index contributed by atoms with van der Waals surface area (Å²) in [6.07, 6.45) is -0.202. The maximum Gasteiger partial charge on any atom is 0.410 e. The molecule has 1 aliphatic rings. The van der Waals surface area contributed by atoms with E-state index >= 15 is 0 Å². The first-order chi connectivity index (χ1) is 12.1. The first kappa shape index (κ1) is 20.1. The highest BCUT2D eigenvalue weighted by atomic mass is 19.1. The lowest BCUT2D eigenvalue weighted by atomic mass is 9.80. The summed E-state index contributed by atoms with van der Waals surface area (Å²) in [5.74, 6) is -3.11. The molecule has 0 aliphatic carbocycles. The number of hydrogen-bond donors (Lipinski definition) is 0. The summed E-state index contributed by atoms with van der Waals surface area (Å²) >= 11 is 0. The van der Waals surface area contributed by atoms with E-state index < -0.39 is 41.1 Å². The minimum Gasteiger partial charge on any atom is -0.466 e. The lowest BCUT2D eigenvalue weighted by Crippen LogP contribution is -2.47. The van der Waals surface area contributed by atoms with Gasteiger partial charge in [-0.3, -0.25) is 4.79 Å². The third kappa shape index (κ3) is 4.93. The van der Waals surface area contributed by atoms with Crippen molar-refractivity contribution in [1.82, 2.24) is 4.90 Å². The Labute approximate surface area is 152 Å². The van der Waals surface area contributed by atoms with Gasteiger partial charge in [-0.05, 0) is 45.7 Å². The van der Waals surface area contributed by atoms with E-state index in [0.717, 1.165) is 12.1 Å². The number of nitrogens with zero attached hydrogens (tertiary/aromatic N) is 1. The van der Waals surface area contributed by atoms with Gasteiger partial charge in [-0.2, -0.15) is 0 Å². The van der Waals surface area contributed by atoms with Crippen LogP contribution in [0.5, 0.6) is 0 Å². The summed E-state index contributed by atoms with van der Waals surface area (Å²) in [7, 11) is 0. The number of carbonyl (C=O) groups is 2. The Hall–Kier alpha value is -2.18. The van der Waals surface area contributed by atoms with Gasteiger partial charge in [0.25, 0.3) is 0 Å². The van der Waals surface area contributed by atoms with Gasteiger partial charge in [-0.15, -0.1) is 0 Å². The molecule has 0 saturated carbocycles. The largest absolute Gasteiger partial charge is 0.466 e. The fourth-order valence-corrected chi connectivity index (χ4v) is 3.09. The van der Waals surface area contributed by atoms with Crippen molar-refractivity contribution in [3.63, 3.8) is 0 Å². The molecule has 0 spiro atoms. The second-order valence-electron chi connectivity index (χ2n) is 7.35. The quantitative estimate of drug-likeness (QED) is 0.759. The zero-order valence-corrected chi connectivity index (χ0v) is 15.6. The molecule has 0 radical (unpaired) electrons. The van der Waals surface area contributed by atoms with E-state index in [2.05, 4.69) is 0 Å². The van der Waals surface area contributed by atoms with Crippen LogP contribution in [0.1, 0.15) is 45.6 Å². The highest BCUT2D eigenvalue weighted by molar-refractivity contribution is 5.75. The average molecular weight is 369 g/mol. The predicted octanol–water partition coefficient (Wildman–Crippen LogP) is 3.87. The van der Waals surface area contributed by atoms with Crippen LogP contribution < -0.4 is 0 Å². The van der Waals surface area contributed by atoms with Gasteiger partial charge in [0.15, 0.2) is 0 Å². The molecular formula is C19H25F2NO4. The van der Waals surface area contributed by atoms with Gasteiger partial charge in [0.05, 0.1) is 12.5 Å². The Balaban J connectivity index is 2.29. The molecular weight excluding hydrogens is 344 g/mol. The Morgan fingerprint density at radius 3 is 2.54 bits per heavy atom. The van der Waals surface area contributed by atoms with Gasteiger partial charge >= 0.3 is 12.1 Å². The molecule has 1 aromatic carbocycles. The van der Waals surface area contributed by atoms with Crippen molar-refractivity contribution in [1.29, 1.82) is 0 Å². The van der Waals surface area contributed by atoms with Gasteiger partial charge in [-0.1, -0.05) is 6.07 Å². The molecule has 2 rings (SSSR count). The van der Waals surface area contributed by atoms with Crippen LogP contribution in [-0.2, 0) is 14.3 Å². The van der Waals surface area contributed by atoms with Crippen LogP contribution in [0.4, 0.5) is 13.6 Å². The highest BCUT2D eigenvalue weighted by Gasteiger charge is 2.39. The number of carbonyl (C=O) groups excluding carboxylic acids is 2. The Morgan fingerprint density at radius 2 is 1.96 bits per heavy atom. The maximum atomic E-state index is 14.3. The summed E-state index contributed by atoms with van der Waals surface area (Å²) in [5.41, 5.74) is -0.469. The van der Waals surface area contributed by atoms with Crippen LogP contribution in [0.15, 0.2) is 18.2 Å². The third-order valence-electron chi connectivity index (χ3n) is 4.22. The molecule has 0 aromatic heterocycles. The third-order valence-corrected chi connectivity index (χ3v) is 4.22. The molecule has 0 bridgehead atoms. The van der Waals surface area contributed by atoms with E-state index in [1.54, 1.807) is 27.7 Å². The molecule has 2 atom stereocenters. The number of piperidine rings is 1. The van der Waals surface area contributed by atoms with Crippen molar-refractivity contribution < 1.29 is 27.8 Å². The van der Waals surface area contributed by atoms with Crippen molar-refractivity contribution in [2.45, 2.75) is 45.6 Å². The smallest absolute Gasteiger partial charge is 0.410 e. The molecule has 1 fully saturated rings. The van der Waals surface area contributed by atoms with Crippen LogP contribution in [-0.4, -0.2) is 42.3 Å². The van der Waals surface area contributed by atoms with E-state index in [0.29, 0.717) is 13.0 Å². The lowest BCUT2D eigenvalue weighted by Gasteiger charge is -2.38. The zero-order valence-electron chi connectivity index (χ0n) is 15.6. The second kappa shape index (κ2) is 8.01. The number of halogens is 2. The lowest BCUT2D eigenvalue weighted by molar-refractivity contribution is -0.150. The molecule has 144 valence electrons. The van der Waals surface area contributed by atoms with Crippen molar-refractivity contribution in [3.8, 4) is 0 Å². The minimum absolute atomic E-state index is 0.0982. The maximum absolute atomic E-state index is 14.3. The molecule has 2 unspecified atom stereocenters. The first-order valence-corrected chi connectivity index (χ1v) is 8.72. The molecule has 0 N–H and O–H groups in total. The molecule has 26 heavy (non-hydrogen) atoms. The number of amides is 1. The van der Waals surface area contributed by atoms with E-state index in [1.165, 1.54) is 11.0 Å². The van der Waals surface area contributed by atoms with E-state index in [4.69, 9.17) is 9.47 Å². The second-order valence-corrected chi connectivity index (χ2v) is 7.35. The molecule has 1 saturated heterocycles. The zero-order chi connectivity index (χ0) is 19.5. The summed E-state index contributed by atoms with van der Waals surface area (Å²) in [4.78, 5) is 26.1. The monoisotopic (exact) mass is 369 g/mol. The van der Waals surface area contributed by atoms with E-state index in [-0.39, 0.29) is 18.7 Å². The number of esters is 1. The van der Waals surface area contributed by atoms with Crippen LogP contribution in [0.3, 0.4) is 0 Å². The standard InChI is InChI=1S/C19H25F2NO4/c1-5-25-17(23)14-8-9-22(18(24)26-19(2,3)4)11-15(14)13-7-6-12(20)10-16(13)21/h6-7,10,14-15H,5,8-9,11H2,1-4H3. The molecule has 5 nitrogen and oxygen atoms in total. The number of ether oxygens (including phenoxy) is 2. The fraction of sp³-hybridized carbons (Fsp3) is 0.579. The van der Waals surface area contributed by atoms with Crippen molar-refractivity contribution in [3.05, 3.63) is 35.4 Å². The number of rotatable bonds is 3. The summed E-state index contributed by atoms with van der Waals surface area (Å²) in [5, 5.41) is 0. The first-order valence-electron chi connectivity index (χ1n) is 8.72. The molecule has 7 heteroatoms. The minimum atomic E-state index is -0.740. The Morgan fingerprint density at radius 1 is 1.27 bits per heavy atom. The highest BCUT2D eigenvalue weighted by Crippen LogP contribution is 2.35. The van der Waals surface area contributed by atoms with Crippen molar-refractivity contribution in [2.75, 3.05) is 19.7 Å². The van der Waals surface area contributed by atoms with Crippen molar-refractivity contribution in [2.24, 2.45) is 5.92 Å². The number of benzene rings is 1. The van der Waals surface area contributed by atoms with Gasteiger partial charge in [0.2, 0.25) is 0 Å². The average Bonchev–Trinajstić information content (AvgIpc) is 2.53. The number of hydrogen-bond acceptors (Lipinski definition) is 4. The van der Waals surface area contributed by atoms with Gasteiger partial charge in [-0.25, -0.2) is 13.6 Å². The predicted molar refractivity (Wildman–Crippen MR) is 91.6 cm³/mol. The summed E-state index contributed by atoms with van der Waals surface area (Å²) in [6.45, 7) is 7.58. The summed E-state index contributed by atoms with van der Waals surface area (Å²) in [6, 6.07) is 3.25. The SMILES string of the molecule is CCOC(=O)C1CCN(C(=O)OC(C)(C)C)CC1c1ccc(F)cc1F. The summed E-state index contributed by atoms with van der Waals surface area (Å²) < 4.78 is 38.1. The van der Waals surface area contributed by atoms with Crippen LogP contribution >= 0.6 is 0 Å². The molecule has 1 heterocycles. The van der Waals surface area contributed by atoms with E-state index in [9.17, 15) is 18.4 Å². The van der Waals surface area contributed by atoms with Gasteiger partial charge in [0, 0.05) is 25.1 Å². The van der Waals surface area contributed by atoms with Crippen molar-refractivity contribution >= 4 is 12.1 Å². The normalized spacial score (nSPS) is 20.6. The number of likely N-dealkylation sites (tertiary alicyclic amines) is 1. The molecule has 1 aromatic rings. The van der Waals surface area contributed by atoms with E-state index in [1.807, 2.05) is 0 Å². The topological polar surface area (TPSA) is 55.8 Å². The van der Waals surface area contributed by atoms with Crippen LogP contribution in [0, 0.1) is 17.6 Å².